The molecule has 1 aromatic rings. The van der Waals surface area contributed by atoms with Crippen LogP contribution in [-0.2, 0) is 0 Å². The van der Waals surface area contributed by atoms with Crippen molar-refractivity contribution in [3.05, 3.63) is 35.6 Å². The summed E-state index contributed by atoms with van der Waals surface area (Å²) >= 11 is 0. The molecule has 1 unspecified atom stereocenters. The first-order valence-electron chi connectivity index (χ1n) is 5.83. The second kappa shape index (κ2) is 6.61. The summed E-state index contributed by atoms with van der Waals surface area (Å²) in [5, 5.41) is 12.5. The number of halogens is 1. The zero-order valence-corrected chi connectivity index (χ0v) is 9.91. The Morgan fingerprint density at radius 2 is 2.06 bits per heavy atom. The summed E-state index contributed by atoms with van der Waals surface area (Å²) in [5.74, 6) is -0.213. The van der Waals surface area contributed by atoms with Crippen LogP contribution in [0.25, 0.3) is 0 Å². The van der Waals surface area contributed by atoms with Crippen LogP contribution in [0.2, 0.25) is 0 Å². The molecule has 0 heterocycles. The van der Waals surface area contributed by atoms with Crippen molar-refractivity contribution < 1.29 is 9.50 Å². The SMILES string of the molecule is CCC(N[C@@H](CC)CO)c1cccc(F)c1. The van der Waals surface area contributed by atoms with Crippen LogP contribution in [0.15, 0.2) is 24.3 Å². The Morgan fingerprint density at radius 1 is 1.31 bits per heavy atom. The average Bonchev–Trinajstić information content (AvgIpc) is 2.31. The van der Waals surface area contributed by atoms with Crippen LogP contribution >= 0.6 is 0 Å². The van der Waals surface area contributed by atoms with E-state index in [1.807, 2.05) is 19.9 Å². The van der Waals surface area contributed by atoms with Gasteiger partial charge in [0.1, 0.15) is 5.82 Å². The zero-order valence-electron chi connectivity index (χ0n) is 9.91. The average molecular weight is 225 g/mol. The fraction of sp³-hybridized carbons (Fsp3) is 0.538. The van der Waals surface area contributed by atoms with Crippen LogP contribution in [-0.4, -0.2) is 17.8 Å². The van der Waals surface area contributed by atoms with Crippen molar-refractivity contribution in [2.45, 2.75) is 38.8 Å². The van der Waals surface area contributed by atoms with E-state index in [1.165, 1.54) is 6.07 Å². The number of aliphatic hydroxyl groups is 1. The molecule has 0 aliphatic rings. The molecule has 16 heavy (non-hydrogen) atoms. The number of hydrogen-bond acceptors (Lipinski definition) is 2. The molecule has 2 nitrogen and oxygen atoms in total. The van der Waals surface area contributed by atoms with Gasteiger partial charge in [0.15, 0.2) is 0 Å². The fourth-order valence-electron chi connectivity index (χ4n) is 1.76. The van der Waals surface area contributed by atoms with Gasteiger partial charge < -0.3 is 10.4 Å². The molecule has 0 fully saturated rings. The van der Waals surface area contributed by atoms with Gasteiger partial charge in [0, 0.05) is 12.1 Å². The van der Waals surface area contributed by atoms with Gasteiger partial charge in [0.2, 0.25) is 0 Å². The maximum atomic E-state index is 13.1. The van der Waals surface area contributed by atoms with Crippen molar-refractivity contribution in [3.63, 3.8) is 0 Å². The van der Waals surface area contributed by atoms with E-state index < -0.39 is 0 Å². The maximum Gasteiger partial charge on any atom is 0.123 e. The summed E-state index contributed by atoms with van der Waals surface area (Å²) in [6, 6.07) is 6.80. The monoisotopic (exact) mass is 225 g/mol. The van der Waals surface area contributed by atoms with Crippen molar-refractivity contribution in [1.29, 1.82) is 0 Å². The molecule has 0 radical (unpaired) electrons. The molecule has 90 valence electrons. The molecule has 2 N–H and O–H groups in total. The van der Waals surface area contributed by atoms with E-state index in [2.05, 4.69) is 5.32 Å². The lowest BCUT2D eigenvalue weighted by Crippen LogP contribution is -2.34. The first-order chi connectivity index (χ1) is 7.71. The van der Waals surface area contributed by atoms with E-state index >= 15 is 0 Å². The Morgan fingerprint density at radius 3 is 2.56 bits per heavy atom. The number of nitrogens with one attached hydrogen (secondary N) is 1. The number of aliphatic hydroxyl groups excluding tert-OH is 1. The second-order valence-electron chi connectivity index (χ2n) is 3.97. The predicted octanol–water partition coefficient (Wildman–Crippen LogP) is 2.64. The van der Waals surface area contributed by atoms with E-state index in [1.54, 1.807) is 12.1 Å². The lowest BCUT2D eigenvalue weighted by atomic mass is 10.0. The molecular formula is C13H20FNO. The molecule has 2 atom stereocenters. The van der Waals surface area contributed by atoms with Crippen LogP contribution in [0.1, 0.15) is 38.3 Å². The first-order valence-corrected chi connectivity index (χ1v) is 5.83. The molecule has 0 bridgehead atoms. The summed E-state index contributed by atoms with van der Waals surface area (Å²) in [5.41, 5.74) is 0.939. The topological polar surface area (TPSA) is 32.3 Å². The highest BCUT2D eigenvalue weighted by molar-refractivity contribution is 5.20. The van der Waals surface area contributed by atoms with Crippen LogP contribution in [0.5, 0.6) is 0 Å². The van der Waals surface area contributed by atoms with Crippen molar-refractivity contribution in [2.75, 3.05) is 6.61 Å². The van der Waals surface area contributed by atoms with Gasteiger partial charge in [-0.1, -0.05) is 26.0 Å². The third-order valence-corrected chi connectivity index (χ3v) is 2.81. The van der Waals surface area contributed by atoms with E-state index in [0.717, 1.165) is 18.4 Å². The minimum absolute atomic E-state index is 0.0771. The van der Waals surface area contributed by atoms with Gasteiger partial charge in [0.25, 0.3) is 0 Å². The highest BCUT2D eigenvalue weighted by Crippen LogP contribution is 2.18. The fourth-order valence-corrected chi connectivity index (χ4v) is 1.76. The molecule has 0 aromatic heterocycles. The first kappa shape index (κ1) is 13.1. The van der Waals surface area contributed by atoms with E-state index in [4.69, 9.17) is 5.11 Å². The summed E-state index contributed by atoms with van der Waals surface area (Å²) in [6.45, 7) is 4.18. The Bertz CT molecular complexity index is 313. The molecule has 0 saturated carbocycles. The summed E-state index contributed by atoms with van der Waals surface area (Å²) in [4.78, 5) is 0. The largest absolute Gasteiger partial charge is 0.395 e. The maximum absolute atomic E-state index is 13.1. The van der Waals surface area contributed by atoms with Crippen LogP contribution in [0, 0.1) is 5.82 Å². The quantitative estimate of drug-likeness (QED) is 0.780. The number of rotatable bonds is 6. The lowest BCUT2D eigenvalue weighted by molar-refractivity contribution is 0.226. The molecule has 0 amide bonds. The van der Waals surface area contributed by atoms with Gasteiger partial charge >= 0.3 is 0 Å². The molecule has 0 aliphatic carbocycles. The van der Waals surface area contributed by atoms with Gasteiger partial charge in [-0.2, -0.15) is 0 Å². The predicted molar refractivity (Wildman–Crippen MR) is 63.7 cm³/mol. The van der Waals surface area contributed by atoms with Crippen molar-refractivity contribution in [2.24, 2.45) is 0 Å². The molecule has 0 spiro atoms. The van der Waals surface area contributed by atoms with Crippen LogP contribution < -0.4 is 5.32 Å². The minimum Gasteiger partial charge on any atom is -0.395 e. The zero-order chi connectivity index (χ0) is 12.0. The molecule has 1 aromatic carbocycles. The van der Waals surface area contributed by atoms with E-state index in [0.29, 0.717) is 0 Å². The van der Waals surface area contributed by atoms with Crippen LogP contribution in [0.3, 0.4) is 0 Å². The van der Waals surface area contributed by atoms with E-state index in [9.17, 15) is 4.39 Å². The van der Waals surface area contributed by atoms with Crippen molar-refractivity contribution in [3.8, 4) is 0 Å². The number of hydrogen-bond donors (Lipinski definition) is 2. The third-order valence-electron chi connectivity index (χ3n) is 2.81. The molecule has 0 saturated heterocycles. The van der Waals surface area contributed by atoms with E-state index in [-0.39, 0.29) is 24.5 Å². The summed E-state index contributed by atoms with van der Waals surface area (Å²) < 4.78 is 13.1. The Balaban J connectivity index is 2.74. The Labute approximate surface area is 96.5 Å². The smallest absolute Gasteiger partial charge is 0.123 e. The molecule has 3 heteroatoms. The summed E-state index contributed by atoms with van der Waals surface area (Å²) in [7, 11) is 0. The van der Waals surface area contributed by atoms with Gasteiger partial charge in [0.05, 0.1) is 6.61 Å². The number of benzene rings is 1. The van der Waals surface area contributed by atoms with Gasteiger partial charge in [-0.15, -0.1) is 0 Å². The normalized spacial score (nSPS) is 14.8. The second-order valence-corrected chi connectivity index (χ2v) is 3.97. The van der Waals surface area contributed by atoms with Crippen LogP contribution in [0.4, 0.5) is 4.39 Å². The highest BCUT2D eigenvalue weighted by Gasteiger charge is 2.13. The summed E-state index contributed by atoms with van der Waals surface area (Å²) in [6.07, 6.45) is 1.74. The lowest BCUT2D eigenvalue weighted by Gasteiger charge is -2.23. The van der Waals surface area contributed by atoms with Crippen molar-refractivity contribution >= 4 is 0 Å². The molecule has 0 aliphatic heterocycles. The van der Waals surface area contributed by atoms with Crippen molar-refractivity contribution in [1.82, 2.24) is 5.32 Å². The molecule has 1 rings (SSSR count). The van der Waals surface area contributed by atoms with Gasteiger partial charge in [-0.25, -0.2) is 4.39 Å². The van der Waals surface area contributed by atoms with Gasteiger partial charge in [-0.3, -0.25) is 0 Å². The van der Waals surface area contributed by atoms with Gasteiger partial charge in [-0.05, 0) is 30.5 Å². The third kappa shape index (κ3) is 3.58. The Hall–Kier alpha value is -0.930. The minimum atomic E-state index is -0.213. The Kier molecular flexibility index (Phi) is 5.43. The molecular weight excluding hydrogens is 205 g/mol. The standard InChI is InChI=1S/C13H20FNO/c1-3-12(9-16)15-13(4-2)10-6-5-7-11(14)8-10/h5-8,12-13,15-16H,3-4,9H2,1-2H3/t12-,13?/m0/s1. The highest BCUT2D eigenvalue weighted by atomic mass is 19.1.